The minimum absolute atomic E-state index is 0.632. The van der Waals surface area contributed by atoms with Crippen LogP contribution in [0.5, 0.6) is 0 Å². The lowest BCUT2D eigenvalue weighted by atomic mass is 10.1. The van der Waals surface area contributed by atoms with Crippen LogP contribution in [0, 0.1) is 11.3 Å². The Hall–Kier alpha value is -1.75. The third kappa shape index (κ3) is 0.786. The van der Waals surface area contributed by atoms with Gasteiger partial charge in [-0.3, -0.25) is 0 Å². The van der Waals surface area contributed by atoms with E-state index in [4.69, 9.17) is 5.26 Å². The van der Waals surface area contributed by atoms with Crippen molar-refractivity contribution in [2.45, 2.75) is 0 Å². The summed E-state index contributed by atoms with van der Waals surface area (Å²) in [5, 5.41) is 8.67. The van der Waals surface area contributed by atoms with Gasteiger partial charge in [-0.25, -0.2) is 0 Å². The van der Waals surface area contributed by atoms with E-state index in [0.29, 0.717) is 5.69 Å². The lowest BCUT2D eigenvalue weighted by molar-refractivity contribution is 1.27. The molecule has 0 fully saturated rings. The summed E-state index contributed by atoms with van der Waals surface area (Å²) in [6.07, 6.45) is 1.78. The van der Waals surface area contributed by atoms with Crippen LogP contribution in [0.15, 0.2) is 30.5 Å². The third-order valence-electron chi connectivity index (χ3n) is 1.72. The molecule has 11 heavy (non-hydrogen) atoms. The molecule has 0 bridgehead atoms. The fraction of sp³-hybridized carbons (Fsp3) is 0. The molecule has 2 rings (SSSR count). The maximum absolute atomic E-state index is 8.67. The molecule has 1 aliphatic carbocycles. The molecule has 0 atom stereocenters. The minimum Gasteiger partial charge on any atom is -0.353 e. The van der Waals surface area contributed by atoms with Crippen LogP contribution < -0.4 is 0 Å². The van der Waals surface area contributed by atoms with Crippen molar-refractivity contribution in [1.29, 1.82) is 5.26 Å². The number of nitrogens with one attached hydrogen (secondary N) is 1. The number of H-pyrrole nitrogens is 1. The predicted octanol–water partition coefficient (Wildman–Crippen LogP) is 1.99. The summed E-state index contributed by atoms with van der Waals surface area (Å²) in [4.78, 5) is 2.89. The quantitative estimate of drug-likeness (QED) is 0.600. The maximum Gasteiger partial charge on any atom is 0.125 e. The highest BCUT2D eigenvalue weighted by atomic mass is 14.7. The number of hydrogen-bond acceptors (Lipinski definition) is 1. The highest BCUT2D eigenvalue weighted by Gasteiger charge is 2.05. The van der Waals surface area contributed by atoms with Gasteiger partial charge in [0.25, 0.3) is 0 Å². The molecule has 0 radical (unpaired) electrons. The fourth-order valence-corrected chi connectivity index (χ4v) is 1.19. The highest BCUT2D eigenvalue weighted by molar-refractivity contribution is 5.70. The smallest absolute Gasteiger partial charge is 0.125 e. The lowest BCUT2D eigenvalue weighted by Gasteiger charge is -1.98. The summed E-state index contributed by atoms with van der Waals surface area (Å²) in [5.41, 5.74) is 2.74. The van der Waals surface area contributed by atoms with Crippen molar-refractivity contribution in [2.75, 3.05) is 0 Å². The molecule has 0 aromatic carbocycles. The zero-order valence-electron chi connectivity index (χ0n) is 5.83. The number of rotatable bonds is 0. The Balaban J connectivity index is 2.79. The molecule has 0 unspecified atom stereocenters. The van der Waals surface area contributed by atoms with Gasteiger partial charge in [0.15, 0.2) is 0 Å². The second-order valence-corrected chi connectivity index (χ2v) is 2.36. The van der Waals surface area contributed by atoms with E-state index in [2.05, 4.69) is 11.1 Å². The van der Waals surface area contributed by atoms with Crippen LogP contribution in [0.1, 0.15) is 5.69 Å². The van der Waals surface area contributed by atoms with Crippen LogP contribution in [0.2, 0.25) is 0 Å². The first-order chi connectivity index (χ1) is 5.42. The molecule has 52 valence electrons. The number of hydrogen-bond donors (Lipinski definition) is 1. The molecule has 2 aliphatic rings. The lowest BCUT2D eigenvalue weighted by Crippen LogP contribution is -1.84. The first-order valence-electron chi connectivity index (χ1n) is 3.38. The van der Waals surface area contributed by atoms with E-state index in [0.717, 1.165) is 11.1 Å². The van der Waals surface area contributed by atoms with E-state index in [-0.39, 0.29) is 0 Å². The van der Waals surface area contributed by atoms with Crippen LogP contribution >= 0.6 is 0 Å². The van der Waals surface area contributed by atoms with Crippen LogP contribution in [-0.2, 0) is 0 Å². The van der Waals surface area contributed by atoms with Crippen molar-refractivity contribution in [2.24, 2.45) is 0 Å². The Kier molecular flexibility index (Phi) is 1.16. The van der Waals surface area contributed by atoms with Gasteiger partial charge in [-0.2, -0.15) is 5.26 Å². The highest BCUT2D eigenvalue weighted by Crippen LogP contribution is 2.23. The van der Waals surface area contributed by atoms with Crippen LogP contribution in [0.4, 0.5) is 0 Å². The minimum atomic E-state index is 0.632. The molecule has 0 aromatic heterocycles. The largest absolute Gasteiger partial charge is 0.353 e. The van der Waals surface area contributed by atoms with E-state index >= 15 is 0 Å². The van der Waals surface area contributed by atoms with Crippen LogP contribution in [0.25, 0.3) is 11.1 Å². The normalized spacial score (nSPS) is 9.73. The summed E-state index contributed by atoms with van der Waals surface area (Å²) in [6.45, 7) is 0. The summed E-state index contributed by atoms with van der Waals surface area (Å²) >= 11 is 0. The zero-order chi connectivity index (χ0) is 7.68. The summed E-state index contributed by atoms with van der Waals surface area (Å²) in [6, 6.07) is 9.92. The van der Waals surface area contributed by atoms with Gasteiger partial charge in [0.2, 0.25) is 0 Å². The molecule has 1 heterocycles. The van der Waals surface area contributed by atoms with Gasteiger partial charge in [0.1, 0.15) is 11.8 Å². The van der Waals surface area contributed by atoms with Gasteiger partial charge in [-0.05, 0) is 11.6 Å². The van der Waals surface area contributed by atoms with E-state index in [1.54, 1.807) is 6.20 Å². The average Bonchev–Trinajstić information content (AvgIpc) is 2.50. The Morgan fingerprint density at radius 1 is 1.27 bits per heavy atom. The van der Waals surface area contributed by atoms with E-state index in [9.17, 15) is 0 Å². The molecule has 2 nitrogen and oxygen atoms in total. The van der Waals surface area contributed by atoms with Crippen molar-refractivity contribution in [3.8, 4) is 17.2 Å². The zero-order valence-corrected chi connectivity index (χ0v) is 5.83. The average molecular weight is 142 g/mol. The van der Waals surface area contributed by atoms with Crippen molar-refractivity contribution >= 4 is 0 Å². The number of nitrogens with zero attached hydrogens (tertiary/aromatic N) is 1. The number of fused-ring (bicyclic) bond motifs is 1. The van der Waals surface area contributed by atoms with Gasteiger partial charge in [-0.1, -0.05) is 18.2 Å². The van der Waals surface area contributed by atoms with E-state index < -0.39 is 0 Å². The number of pyridine rings is 1. The van der Waals surface area contributed by atoms with Gasteiger partial charge < -0.3 is 4.98 Å². The molecule has 1 N–H and O–H groups in total. The molecular weight excluding hydrogens is 136 g/mol. The molecule has 0 spiro atoms. The second-order valence-electron chi connectivity index (χ2n) is 2.36. The predicted molar refractivity (Wildman–Crippen MR) is 42.1 cm³/mol. The SMILES string of the molecule is N#Cc1[nH]ccc2cccc1-2. The van der Waals surface area contributed by atoms with Crippen molar-refractivity contribution in [3.05, 3.63) is 36.2 Å². The summed E-state index contributed by atoms with van der Waals surface area (Å²) < 4.78 is 0. The Morgan fingerprint density at radius 2 is 2.18 bits per heavy atom. The number of aromatic amines is 1. The van der Waals surface area contributed by atoms with Crippen molar-refractivity contribution < 1.29 is 0 Å². The molecule has 0 amide bonds. The summed E-state index contributed by atoms with van der Waals surface area (Å²) in [5.74, 6) is 0. The third-order valence-corrected chi connectivity index (χ3v) is 1.72. The topological polar surface area (TPSA) is 39.6 Å². The van der Waals surface area contributed by atoms with E-state index in [1.165, 1.54) is 0 Å². The number of aromatic nitrogens is 1. The molecular formula is C9H6N2. The molecule has 0 aromatic rings. The second kappa shape index (κ2) is 2.14. The number of nitriles is 1. The fourth-order valence-electron chi connectivity index (χ4n) is 1.19. The van der Waals surface area contributed by atoms with Crippen molar-refractivity contribution in [1.82, 2.24) is 4.98 Å². The standard InChI is InChI=1S/C9H6N2/c10-6-9-8-3-1-2-7(8)4-5-11-9/h1-5,11H. The molecule has 0 saturated carbocycles. The van der Waals surface area contributed by atoms with Crippen LogP contribution in [-0.4, -0.2) is 4.98 Å². The Morgan fingerprint density at radius 3 is 3.00 bits per heavy atom. The van der Waals surface area contributed by atoms with E-state index in [1.807, 2.05) is 24.3 Å². The van der Waals surface area contributed by atoms with Gasteiger partial charge in [0.05, 0.1) is 0 Å². The van der Waals surface area contributed by atoms with Gasteiger partial charge >= 0.3 is 0 Å². The molecule has 1 aliphatic heterocycles. The molecule has 0 saturated heterocycles. The maximum atomic E-state index is 8.67. The Labute approximate surface area is 64.4 Å². The van der Waals surface area contributed by atoms with Crippen molar-refractivity contribution in [3.63, 3.8) is 0 Å². The first-order valence-corrected chi connectivity index (χ1v) is 3.38. The Bertz CT molecular complexity index is 381. The first kappa shape index (κ1) is 5.99. The van der Waals surface area contributed by atoms with Gasteiger partial charge in [-0.15, -0.1) is 0 Å². The van der Waals surface area contributed by atoms with Crippen LogP contribution in [0.3, 0.4) is 0 Å². The van der Waals surface area contributed by atoms with Gasteiger partial charge in [0, 0.05) is 11.8 Å². The molecule has 2 heteroatoms. The summed E-state index contributed by atoms with van der Waals surface area (Å²) in [7, 11) is 0. The monoisotopic (exact) mass is 142 g/mol.